The van der Waals surface area contributed by atoms with Gasteiger partial charge in [0.25, 0.3) is 0 Å². The molecule has 0 radical (unpaired) electrons. The summed E-state index contributed by atoms with van der Waals surface area (Å²) in [4.78, 5) is 11.7. The molecule has 0 saturated heterocycles. The van der Waals surface area contributed by atoms with E-state index in [9.17, 15) is 9.90 Å². The minimum Gasteiger partial charge on any atom is -0.389 e. The van der Waals surface area contributed by atoms with Gasteiger partial charge in [-0.15, -0.1) is 0 Å². The number of benzene rings is 1. The van der Waals surface area contributed by atoms with Crippen molar-refractivity contribution >= 4 is 11.7 Å². The smallest absolute Gasteiger partial charge is 0.319 e. The quantitative estimate of drug-likeness (QED) is 0.765. The average molecular weight is 264 g/mol. The van der Waals surface area contributed by atoms with Crippen LogP contribution in [0.5, 0.6) is 0 Å². The molecule has 0 fully saturated rings. The van der Waals surface area contributed by atoms with E-state index < -0.39 is 6.10 Å². The highest BCUT2D eigenvalue weighted by Gasteiger charge is 2.09. The Kier molecular flexibility index (Phi) is 5.83. The van der Waals surface area contributed by atoms with Gasteiger partial charge in [0.05, 0.1) is 6.10 Å². The summed E-state index contributed by atoms with van der Waals surface area (Å²) >= 11 is 0. The van der Waals surface area contributed by atoms with Crippen molar-refractivity contribution in [3.05, 3.63) is 29.8 Å². The van der Waals surface area contributed by atoms with Crippen LogP contribution in [0.4, 0.5) is 10.5 Å². The molecule has 3 N–H and O–H groups in total. The van der Waals surface area contributed by atoms with Crippen LogP contribution < -0.4 is 10.6 Å². The fourth-order valence-electron chi connectivity index (χ4n) is 1.51. The number of rotatable bonds is 5. The molecule has 2 unspecified atom stereocenters. The Balaban J connectivity index is 2.44. The molecule has 0 spiro atoms. The van der Waals surface area contributed by atoms with E-state index >= 15 is 0 Å². The fraction of sp³-hybridized carbons (Fsp3) is 0.533. The van der Waals surface area contributed by atoms with E-state index in [1.54, 1.807) is 31.2 Å². The number of carbonyl (C=O) groups is 1. The molecule has 2 atom stereocenters. The highest BCUT2D eigenvalue weighted by molar-refractivity contribution is 5.89. The van der Waals surface area contributed by atoms with Gasteiger partial charge in [-0.3, -0.25) is 0 Å². The number of urea groups is 1. The van der Waals surface area contributed by atoms with E-state index in [0.29, 0.717) is 18.4 Å². The Labute approximate surface area is 115 Å². The van der Waals surface area contributed by atoms with Crippen molar-refractivity contribution in [1.29, 1.82) is 0 Å². The van der Waals surface area contributed by atoms with E-state index in [1.165, 1.54) is 0 Å². The largest absolute Gasteiger partial charge is 0.389 e. The second kappa shape index (κ2) is 7.14. The lowest BCUT2D eigenvalue weighted by atomic mass is 9.98. The first-order valence-corrected chi connectivity index (χ1v) is 6.73. The van der Waals surface area contributed by atoms with Gasteiger partial charge in [0.15, 0.2) is 0 Å². The topological polar surface area (TPSA) is 61.4 Å². The normalized spacial score (nSPS) is 14.0. The Bertz CT molecular complexity index is 399. The van der Waals surface area contributed by atoms with E-state index in [1.807, 2.05) is 0 Å². The molecule has 1 aromatic rings. The summed E-state index contributed by atoms with van der Waals surface area (Å²) in [5.74, 6) is 0.994. The monoisotopic (exact) mass is 264 g/mol. The van der Waals surface area contributed by atoms with Gasteiger partial charge >= 0.3 is 6.03 Å². The number of hydrogen-bond donors (Lipinski definition) is 3. The summed E-state index contributed by atoms with van der Waals surface area (Å²) in [5.41, 5.74) is 1.55. The summed E-state index contributed by atoms with van der Waals surface area (Å²) < 4.78 is 0. The van der Waals surface area contributed by atoms with E-state index in [-0.39, 0.29) is 6.03 Å². The Morgan fingerprint density at radius 1 is 1.16 bits per heavy atom. The van der Waals surface area contributed by atoms with E-state index in [0.717, 1.165) is 11.3 Å². The van der Waals surface area contributed by atoms with Crippen LogP contribution in [-0.4, -0.2) is 17.7 Å². The summed E-state index contributed by atoms with van der Waals surface area (Å²) in [7, 11) is 0. The van der Waals surface area contributed by atoms with Crippen molar-refractivity contribution < 1.29 is 9.90 Å². The van der Waals surface area contributed by atoms with Gasteiger partial charge in [0.1, 0.15) is 0 Å². The van der Waals surface area contributed by atoms with Crippen molar-refractivity contribution in [3.63, 3.8) is 0 Å². The van der Waals surface area contributed by atoms with Gasteiger partial charge in [-0.05, 0) is 36.5 Å². The van der Waals surface area contributed by atoms with Crippen molar-refractivity contribution in [2.45, 2.75) is 33.8 Å². The zero-order valence-electron chi connectivity index (χ0n) is 12.1. The second-order valence-electron chi connectivity index (χ2n) is 5.35. The van der Waals surface area contributed by atoms with Gasteiger partial charge in [0.2, 0.25) is 0 Å². The molecule has 0 aromatic heterocycles. The van der Waals surface area contributed by atoms with Gasteiger partial charge in [-0.1, -0.05) is 32.9 Å². The maximum atomic E-state index is 11.7. The van der Waals surface area contributed by atoms with Gasteiger partial charge in [-0.25, -0.2) is 4.79 Å². The molecule has 106 valence electrons. The molecular weight excluding hydrogens is 240 g/mol. The van der Waals surface area contributed by atoms with Crippen LogP contribution in [0, 0.1) is 11.8 Å². The first-order chi connectivity index (χ1) is 8.90. The molecule has 4 heteroatoms. The van der Waals surface area contributed by atoms with Crippen LogP contribution >= 0.6 is 0 Å². The van der Waals surface area contributed by atoms with Crippen LogP contribution in [0.25, 0.3) is 0 Å². The predicted molar refractivity (Wildman–Crippen MR) is 78.1 cm³/mol. The predicted octanol–water partition coefficient (Wildman–Crippen LogP) is 3.15. The molecule has 0 heterocycles. The van der Waals surface area contributed by atoms with Crippen LogP contribution in [-0.2, 0) is 0 Å². The lowest BCUT2D eigenvalue weighted by Crippen LogP contribution is -2.33. The summed E-state index contributed by atoms with van der Waals surface area (Å²) in [6, 6.07) is 6.98. The Hall–Kier alpha value is -1.55. The number of amides is 2. The lowest BCUT2D eigenvalue weighted by Gasteiger charge is -2.16. The third kappa shape index (κ3) is 5.30. The minimum atomic E-state index is -0.491. The van der Waals surface area contributed by atoms with Gasteiger partial charge < -0.3 is 15.7 Å². The van der Waals surface area contributed by atoms with Crippen LogP contribution in [0.3, 0.4) is 0 Å². The first kappa shape index (κ1) is 15.5. The Morgan fingerprint density at radius 3 is 2.21 bits per heavy atom. The number of anilines is 1. The number of aliphatic hydroxyl groups is 1. The molecule has 4 nitrogen and oxygen atoms in total. The first-order valence-electron chi connectivity index (χ1n) is 6.73. The SMILES string of the molecule is CC(O)c1ccc(NC(=O)NCC(C)C(C)C)cc1. The average Bonchev–Trinajstić information content (AvgIpc) is 2.36. The lowest BCUT2D eigenvalue weighted by molar-refractivity contribution is 0.199. The van der Waals surface area contributed by atoms with Gasteiger partial charge in [0, 0.05) is 12.2 Å². The molecular formula is C15H24N2O2. The van der Waals surface area contributed by atoms with E-state index in [4.69, 9.17) is 0 Å². The molecule has 0 aliphatic carbocycles. The highest BCUT2D eigenvalue weighted by Crippen LogP contribution is 2.15. The zero-order chi connectivity index (χ0) is 14.4. The van der Waals surface area contributed by atoms with Crippen molar-refractivity contribution in [1.82, 2.24) is 5.32 Å². The maximum Gasteiger partial charge on any atom is 0.319 e. The van der Waals surface area contributed by atoms with Crippen molar-refractivity contribution in [2.75, 3.05) is 11.9 Å². The summed E-state index contributed by atoms with van der Waals surface area (Å²) in [6.07, 6.45) is -0.491. The second-order valence-corrected chi connectivity index (χ2v) is 5.35. The highest BCUT2D eigenvalue weighted by atomic mass is 16.3. The summed E-state index contributed by atoms with van der Waals surface area (Å²) in [6.45, 7) is 8.76. The fourth-order valence-corrected chi connectivity index (χ4v) is 1.51. The maximum absolute atomic E-state index is 11.7. The zero-order valence-corrected chi connectivity index (χ0v) is 12.1. The number of carbonyl (C=O) groups excluding carboxylic acids is 1. The van der Waals surface area contributed by atoms with Crippen LogP contribution in [0.2, 0.25) is 0 Å². The standard InChI is InChI=1S/C15H24N2O2/c1-10(2)11(3)9-16-15(19)17-14-7-5-13(6-8-14)12(4)18/h5-8,10-12,18H,9H2,1-4H3,(H2,16,17,19). The molecule has 0 bridgehead atoms. The number of nitrogens with one attached hydrogen (secondary N) is 2. The van der Waals surface area contributed by atoms with Crippen LogP contribution in [0.15, 0.2) is 24.3 Å². The van der Waals surface area contributed by atoms with E-state index in [2.05, 4.69) is 31.4 Å². The van der Waals surface area contributed by atoms with Gasteiger partial charge in [-0.2, -0.15) is 0 Å². The molecule has 0 aliphatic rings. The number of hydrogen-bond acceptors (Lipinski definition) is 2. The molecule has 0 saturated carbocycles. The molecule has 0 aliphatic heterocycles. The molecule has 1 rings (SSSR count). The van der Waals surface area contributed by atoms with Crippen molar-refractivity contribution in [3.8, 4) is 0 Å². The minimum absolute atomic E-state index is 0.197. The molecule has 2 amide bonds. The van der Waals surface area contributed by atoms with Crippen molar-refractivity contribution in [2.24, 2.45) is 11.8 Å². The summed E-state index contributed by atoms with van der Waals surface area (Å²) in [5, 5.41) is 15.0. The van der Waals surface area contributed by atoms with Crippen LogP contribution in [0.1, 0.15) is 39.4 Å². The third-order valence-corrected chi connectivity index (χ3v) is 3.37. The molecule has 19 heavy (non-hydrogen) atoms. The third-order valence-electron chi connectivity index (χ3n) is 3.37. The number of aliphatic hydroxyl groups excluding tert-OH is 1. The Morgan fingerprint density at radius 2 is 1.74 bits per heavy atom. The molecule has 1 aromatic carbocycles.